The summed E-state index contributed by atoms with van der Waals surface area (Å²) in [5.74, 6) is 0.707. The van der Waals surface area contributed by atoms with Crippen LogP contribution < -0.4 is 15.8 Å². The molecule has 2 unspecified atom stereocenters. The lowest BCUT2D eigenvalue weighted by Crippen LogP contribution is -2.37. The van der Waals surface area contributed by atoms with Crippen LogP contribution in [-0.2, 0) is 4.79 Å². The minimum Gasteiger partial charge on any atom is -0.392 e. The molecule has 0 aromatic carbocycles. The van der Waals surface area contributed by atoms with Crippen molar-refractivity contribution in [2.45, 2.75) is 33.0 Å². The fraction of sp³-hybridized carbons (Fsp3) is 0.583. The van der Waals surface area contributed by atoms with Crippen molar-refractivity contribution < 1.29 is 15.0 Å². The van der Waals surface area contributed by atoms with E-state index in [0.717, 1.165) is 0 Å². The van der Waals surface area contributed by atoms with Crippen molar-refractivity contribution in [3.05, 3.63) is 12.1 Å². The SMILES string of the molecule is CC(=O)NNc1ccc(N(CC(C)O)CC(C)O)nn1. The van der Waals surface area contributed by atoms with Gasteiger partial charge >= 0.3 is 0 Å². The molecule has 0 bridgehead atoms. The fourth-order valence-corrected chi connectivity index (χ4v) is 1.61. The summed E-state index contributed by atoms with van der Waals surface area (Å²) < 4.78 is 0. The summed E-state index contributed by atoms with van der Waals surface area (Å²) in [6, 6.07) is 3.34. The average Bonchev–Trinajstić information content (AvgIpc) is 2.35. The molecule has 8 heteroatoms. The van der Waals surface area contributed by atoms with Gasteiger partial charge in [-0.15, -0.1) is 10.2 Å². The number of carbonyl (C=O) groups is 1. The Balaban J connectivity index is 2.73. The van der Waals surface area contributed by atoms with Crippen LogP contribution in [0.5, 0.6) is 0 Å². The van der Waals surface area contributed by atoms with Gasteiger partial charge in [0.05, 0.1) is 12.2 Å². The van der Waals surface area contributed by atoms with Crippen LogP contribution in [0.1, 0.15) is 20.8 Å². The summed E-state index contributed by atoms with van der Waals surface area (Å²) >= 11 is 0. The standard InChI is InChI=1S/C12H21N5O3/c1-8(18)6-17(7-9(2)19)12-5-4-11(15-16-12)14-13-10(3)20/h4-5,8-9,18-19H,6-7H2,1-3H3,(H,13,20)(H,14,15). The van der Waals surface area contributed by atoms with Gasteiger partial charge < -0.3 is 15.1 Å². The van der Waals surface area contributed by atoms with Crippen molar-refractivity contribution >= 4 is 17.5 Å². The minimum absolute atomic E-state index is 0.235. The van der Waals surface area contributed by atoms with E-state index < -0.39 is 12.2 Å². The van der Waals surface area contributed by atoms with Gasteiger partial charge in [-0.1, -0.05) is 0 Å². The lowest BCUT2D eigenvalue weighted by Gasteiger charge is -2.25. The van der Waals surface area contributed by atoms with E-state index in [0.29, 0.717) is 24.7 Å². The van der Waals surface area contributed by atoms with Gasteiger partial charge in [0.1, 0.15) is 0 Å². The first-order valence-electron chi connectivity index (χ1n) is 6.36. The average molecular weight is 283 g/mol. The van der Waals surface area contributed by atoms with Gasteiger partial charge in [-0.2, -0.15) is 0 Å². The molecule has 0 aliphatic carbocycles. The predicted molar refractivity (Wildman–Crippen MR) is 75.0 cm³/mol. The van der Waals surface area contributed by atoms with Crippen LogP contribution in [0.4, 0.5) is 11.6 Å². The van der Waals surface area contributed by atoms with Crippen LogP contribution in [0.25, 0.3) is 0 Å². The quantitative estimate of drug-likeness (QED) is 0.500. The van der Waals surface area contributed by atoms with Gasteiger partial charge in [0.25, 0.3) is 0 Å². The van der Waals surface area contributed by atoms with E-state index in [1.807, 2.05) is 0 Å². The monoisotopic (exact) mass is 283 g/mol. The lowest BCUT2D eigenvalue weighted by atomic mass is 10.3. The Morgan fingerprint density at radius 3 is 2.25 bits per heavy atom. The van der Waals surface area contributed by atoms with E-state index in [4.69, 9.17) is 0 Å². The van der Waals surface area contributed by atoms with E-state index in [-0.39, 0.29) is 5.91 Å². The molecule has 0 aliphatic rings. The normalized spacial score (nSPS) is 13.4. The maximum absolute atomic E-state index is 10.7. The molecule has 0 fully saturated rings. The first-order chi connectivity index (χ1) is 9.38. The highest BCUT2D eigenvalue weighted by molar-refractivity contribution is 5.74. The fourth-order valence-electron chi connectivity index (χ4n) is 1.61. The van der Waals surface area contributed by atoms with Gasteiger partial charge in [0.15, 0.2) is 11.6 Å². The molecule has 1 heterocycles. The van der Waals surface area contributed by atoms with Gasteiger partial charge in [-0.3, -0.25) is 15.6 Å². The second-order valence-corrected chi connectivity index (χ2v) is 4.69. The van der Waals surface area contributed by atoms with Gasteiger partial charge in [0.2, 0.25) is 5.91 Å². The van der Waals surface area contributed by atoms with Crippen LogP contribution in [-0.4, -0.2) is 51.6 Å². The highest BCUT2D eigenvalue weighted by atomic mass is 16.3. The molecule has 0 saturated heterocycles. The smallest absolute Gasteiger partial charge is 0.235 e. The zero-order valence-electron chi connectivity index (χ0n) is 11.9. The predicted octanol–water partition coefficient (Wildman–Crippen LogP) is -0.492. The number of aliphatic hydroxyl groups is 2. The number of nitrogens with one attached hydrogen (secondary N) is 2. The molecule has 0 saturated carbocycles. The molecule has 0 radical (unpaired) electrons. The Bertz CT molecular complexity index is 412. The maximum Gasteiger partial charge on any atom is 0.235 e. The van der Waals surface area contributed by atoms with E-state index in [1.54, 1.807) is 30.9 Å². The van der Waals surface area contributed by atoms with Gasteiger partial charge in [0, 0.05) is 20.0 Å². The highest BCUT2D eigenvalue weighted by Crippen LogP contribution is 2.12. The first kappa shape index (κ1) is 16.1. The van der Waals surface area contributed by atoms with Crippen LogP contribution in [0.15, 0.2) is 12.1 Å². The Labute approximate surface area is 117 Å². The number of aliphatic hydroxyl groups excluding tert-OH is 2. The molecule has 1 rings (SSSR count). The Morgan fingerprint density at radius 1 is 1.25 bits per heavy atom. The zero-order chi connectivity index (χ0) is 15.1. The van der Waals surface area contributed by atoms with Crippen LogP contribution in [0.3, 0.4) is 0 Å². The third-order valence-corrected chi connectivity index (χ3v) is 2.31. The van der Waals surface area contributed by atoms with E-state index in [1.165, 1.54) is 6.92 Å². The largest absolute Gasteiger partial charge is 0.392 e. The van der Waals surface area contributed by atoms with Gasteiger partial charge in [-0.25, -0.2) is 0 Å². The molecule has 2 atom stereocenters. The third kappa shape index (κ3) is 5.81. The summed E-state index contributed by atoms with van der Waals surface area (Å²) in [6.07, 6.45) is -1.10. The summed E-state index contributed by atoms with van der Waals surface area (Å²) in [6.45, 7) is 5.39. The number of hydrogen-bond donors (Lipinski definition) is 4. The number of hydrazine groups is 1. The van der Waals surface area contributed by atoms with Crippen molar-refractivity contribution in [1.29, 1.82) is 0 Å². The maximum atomic E-state index is 10.7. The third-order valence-electron chi connectivity index (χ3n) is 2.31. The number of hydrogen-bond acceptors (Lipinski definition) is 7. The number of rotatable bonds is 7. The molecule has 1 aromatic heterocycles. The summed E-state index contributed by atoms with van der Waals surface area (Å²) in [5, 5.41) is 26.8. The molecule has 0 spiro atoms. The number of aromatic nitrogens is 2. The molecular formula is C12H21N5O3. The lowest BCUT2D eigenvalue weighted by molar-refractivity contribution is -0.118. The zero-order valence-corrected chi connectivity index (χ0v) is 11.9. The summed E-state index contributed by atoms with van der Waals surface area (Å²) in [5.41, 5.74) is 4.99. The Hall–Kier alpha value is -1.93. The molecule has 1 amide bonds. The molecule has 20 heavy (non-hydrogen) atoms. The Kier molecular flexibility index (Phi) is 6.13. The molecule has 112 valence electrons. The molecule has 4 N–H and O–H groups in total. The van der Waals surface area contributed by atoms with Crippen LogP contribution in [0, 0.1) is 0 Å². The van der Waals surface area contributed by atoms with E-state index in [9.17, 15) is 15.0 Å². The number of anilines is 2. The molecule has 8 nitrogen and oxygen atoms in total. The van der Waals surface area contributed by atoms with E-state index >= 15 is 0 Å². The van der Waals surface area contributed by atoms with Crippen molar-refractivity contribution in [1.82, 2.24) is 15.6 Å². The van der Waals surface area contributed by atoms with Crippen molar-refractivity contribution in [2.24, 2.45) is 0 Å². The Morgan fingerprint density at radius 2 is 1.85 bits per heavy atom. The van der Waals surface area contributed by atoms with Crippen molar-refractivity contribution in [2.75, 3.05) is 23.4 Å². The summed E-state index contributed by atoms with van der Waals surface area (Å²) in [7, 11) is 0. The molecular weight excluding hydrogens is 262 g/mol. The number of carbonyl (C=O) groups excluding carboxylic acids is 1. The number of nitrogens with zero attached hydrogens (tertiary/aromatic N) is 3. The minimum atomic E-state index is -0.548. The second-order valence-electron chi connectivity index (χ2n) is 4.69. The summed E-state index contributed by atoms with van der Waals surface area (Å²) in [4.78, 5) is 12.5. The van der Waals surface area contributed by atoms with Crippen LogP contribution >= 0.6 is 0 Å². The number of amides is 1. The van der Waals surface area contributed by atoms with Crippen molar-refractivity contribution in [3.63, 3.8) is 0 Å². The first-order valence-corrected chi connectivity index (χ1v) is 6.36. The van der Waals surface area contributed by atoms with Gasteiger partial charge in [-0.05, 0) is 26.0 Å². The second kappa shape index (κ2) is 7.61. The van der Waals surface area contributed by atoms with E-state index in [2.05, 4.69) is 21.0 Å². The van der Waals surface area contributed by atoms with Crippen molar-refractivity contribution in [3.8, 4) is 0 Å². The highest BCUT2D eigenvalue weighted by Gasteiger charge is 2.13. The molecule has 1 aromatic rings. The molecule has 0 aliphatic heterocycles. The topological polar surface area (TPSA) is 111 Å². The van der Waals surface area contributed by atoms with Crippen LogP contribution in [0.2, 0.25) is 0 Å².